The van der Waals surface area contributed by atoms with E-state index in [-0.39, 0.29) is 5.84 Å². The van der Waals surface area contributed by atoms with Crippen molar-refractivity contribution in [1.29, 1.82) is 5.41 Å². The van der Waals surface area contributed by atoms with Gasteiger partial charge in [-0.1, -0.05) is 13.0 Å². The summed E-state index contributed by atoms with van der Waals surface area (Å²) < 4.78 is 5.26. The van der Waals surface area contributed by atoms with Gasteiger partial charge in [0.2, 0.25) is 0 Å². The number of benzene rings is 1. The van der Waals surface area contributed by atoms with Crippen molar-refractivity contribution in [2.24, 2.45) is 5.73 Å². The quantitative estimate of drug-likeness (QED) is 0.641. The van der Waals surface area contributed by atoms with Gasteiger partial charge in [-0.15, -0.1) is 0 Å². The molecule has 1 heterocycles. The van der Waals surface area contributed by atoms with Crippen molar-refractivity contribution in [3.05, 3.63) is 29.3 Å². The first-order valence-electron chi connectivity index (χ1n) is 7.33. The van der Waals surface area contributed by atoms with Crippen LogP contribution in [0.4, 0.5) is 0 Å². The molecule has 2 unspecified atom stereocenters. The Morgan fingerprint density at radius 1 is 1.45 bits per heavy atom. The smallest absolute Gasteiger partial charge is 0.129 e. The largest absolute Gasteiger partial charge is 0.496 e. The van der Waals surface area contributed by atoms with E-state index in [4.69, 9.17) is 15.9 Å². The molecule has 1 saturated heterocycles. The lowest BCUT2D eigenvalue weighted by atomic mass is 10.1. The first kappa shape index (κ1) is 14.9. The van der Waals surface area contributed by atoms with Crippen LogP contribution in [0.15, 0.2) is 18.2 Å². The summed E-state index contributed by atoms with van der Waals surface area (Å²) in [5.74, 6) is 0.730. The lowest BCUT2D eigenvalue weighted by Gasteiger charge is -2.28. The number of ether oxygens (including phenoxy) is 1. The average Bonchev–Trinajstić information content (AvgIpc) is 2.79. The van der Waals surface area contributed by atoms with E-state index in [1.165, 1.54) is 24.8 Å². The van der Waals surface area contributed by atoms with Gasteiger partial charge in [0.25, 0.3) is 0 Å². The van der Waals surface area contributed by atoms with Crippen LogP contribution in [0.25, 0.3) is 0 Å². The molecule has 2 rings (SSSR count). The summed E-state index contributed by atoms with van der Waals surface area (Å²) in [6, 6.07) is 7.27. The molecular weight excluding hydrogens is 250 g/mol. The molecule has 0 radical (unpaired) electrons. The number of amidine groups is 1. The van der Waals surface area contributed by atoms with E-state index >= 15 is 0 Å². The first-order valence-corrected chi connectivity index (χ1v) is 7.33. The van der Waals surface area contributed by atoms with Crippen LogP contribution in [-0.4, -0.2) is 29.9 Å². The van der Waals surface area contributed by atoms with E-state index in [0.717, 1.165) is 6.54 Å². The predicted molar refractivity (Wildman–Crippen MR) is 82.3 cm³/mol. The summed E-state index contributed by atoms with van der Waals surface area (Å²) >= 11 is 0. The van der Waals surface area contributed by atoms with E-state index in [9.17, 15) is 0 Å². The fourth-order valence-corrected chi connectivity index (χ4v) is 3.12. The van der Waals surface area contributed by atoms with Gasteiger partial charge in [-0.05, 0) is 43.9 Å². The lowest BCUT2D eigenvalue weighted by molar-refractivity contribution is 0.189. The van der Waals surface area contributed by atoms with Crippen molar-refractivity contribution in [2.75, 3.05) is 7.11 Å². The molecule has 0 bridgehead atoms. The number of methoxy groups -OCH3 is 1. The van der Waals surface area contributed by atoms with Crippen LogP contribution in [0.3, 0.4) is 0 Å². The SMILES string of the molecule is CCC1CCC(C)N1Cc1ccc(OC)c(C(=N)N)c1. The summed E-state index contributed by atoms with van der Waals surface area (Å²) in [7, 11) is 1.61. The summed E-state index contributed by atoms with van der Waals surface area (Å²) in [5.41, 5.74) is 7.52. The number of rotatable bonds is 5. The Hall–Kier alpha value is -1.55. The maximum Gasteiger partial charge on any atom is 0.129 e. The van der Waals surface area contributed by atoms with Crippen LogP contribution in [0.1, 0.15) is 44.2 Å². The standard InChI is InChI=1S/C16H25N3O/c1-4-13-7-5-11(2)19(13)10-12-6-8-15(20-3)14(9-12)16(17)18/h6,8-9,11,13H,4-5,7,10H2,1-3H3,(H3,17,18). The predicted octanol–water partition coefficient (Wildman–Crippen LogP) is 2.74. The second-order valence-corrected chi connectivity index (χ2v) is 5.61. The minimum absolute atomic E-state index is 0.0604. The van der Waals surface area contributed by atoms with E-state index in [2.05, 4.69) is 24.8 Å². The Labute approximate surface area is 121 Å². The topological polar surface area (TPSA) is 62.3 Å². The molecule has 0 aromatic heterocycles. The minimum Gasteiger partial charge on any atom is -0.496 e. The molecule has 2 atom stereocenters. The Kier molecular flexibility index (Phi) is 4.65. The third-order valence-electron chi connectivity index (χ3n) is 4.34. The highest BCUT2D eigenvalue weighted by Crippen LogP contribution is 2.29. The van der Waals surface area contributed by atoms with Gasteiger partial charge in [-0.2, -0.15) is 0 Å². The molecule has 4 nitrogen and oxygen atoms in total. The minimum atomic E-state index is 0.0604. The zero-order valence-electron chi connectivity index (χ0n) is 12.6. The highest BCUT2D eigenvalue weighted by atomic mass is 16.5. The van der Waals surface area contributed by atoms with E-state index in [0.29, 0.717) is 23.4 Å². The Balaban J connectivity index is 2.21. The molecule has 1 aromatic rings. The van der Waals surface area contributed by atoms with Crippen LogP contribution in [0.2, 0.25) is 0 Å². The highest BCUT2D eigenvalue weighted by Gasteiger charge is 2.29. The molecule has 20 heavy (non-hydrogen) atoms. The monoisotopic (exact) mass is 275 g/mol. The van der Waals surface area contributed by atoms with Crippen LogP contribution in [0.5, 0.6) is 5.75 Å². The van der Waals surface area contributed by atoms with Crippen molar-refractivity contribution in [3.63, 3.8) is 0 Å². The number of nitrogens with two attached hydrogens (primary N) is 1. The molecule has 1 aromatic carbocycles. The van der Waals surface area contributed by atoms with Gasteiger partial charge < -0.3 is 10.5 Å². The van der Waals surface area contributed by atoms with Crippen LogP contribution >= 0.6 is 0 Å². The summed E-state index contributed by atoms with van der Waals surface area (Å²) in [4.78, 5) is 2.56. The van der Waals surface area contributed by atoms with Crippen molar-refractivity contribution >= 4 is 5.84 Å². The third-order valence-corrected chi connectivity index (χ3v) is 4.34. The molecule has 0 spiro atoms. The van der Waals surface area contributed by atoms with Gasteiger partial charge in [0.15, 0.2) is 0 Å². The Morgan fingerprint density at radius 3 is 2.80 bits per heavy atom. The maximum absolute atomic E-state index is 7.66. The van der Waals surface area contributed by atoms with Gasteiger partial charge in [-0.25, -0.2) is 0 Å². The van der Waals surface area contributed by atoms with Gasteiger partial charge >= 0.3 is 0 Å². The van der Waals surface area contributed by atoms with Crippen LogP contribution in [-0.2, 0) is 6.54 Å². The maximum atomic E-state index is 7.66. The summed E-state index contributed by atoms with van der Waals surface area (Å²) in [6.07, 6.45) is 3.75. The second kappa shape index (κ2) is 6.27. The van der Waals surface area contributed by atoms with Crippen LogP contribution in [0, 0.1) is 5.41 Å². The molecule has 110 valence electrons. The lowest BCUT2D eigenvalue weighted by Crippen LogP contribution is -2.33. The molecule has 1 aliphatic heterocycles. The summed E-state index contributed by atoms with van der Waals surface area (Å²) in [6.45, 7) is 5.47. The Morgan fingerprint density at radius 2 is 2.20 bits per heavy atom. The molecule has 0 amide bonds. The molecule has 1 fully saturated rings. The fourth-order valence-electron chi connectivity index (χ4n) is 3.12. The van der Waals surface area contributed by atoms with Gasteiger partial charge in [0, 0.05) is 18.6 Å². The average molecular weight is 275 g/mol. The second-order valence-electron chi connectivity index (χ2n) is 5.61. The summed E-state index contributed by atoms with van der Waals surface area (Å²) in [5, 5.41) is 7.66. The molecule has 0 saturated carbocycles. The number of hydrogen-bond donors (Lipinski definition) is 2. The van der Waals surface area contributed by atoms with Crippen molar-refractivity contribution in [2.45, 2.75) is 51.7 Å². The zero-order chi connectivity index (χ0) is 14.7. The van der Waals surface area contributed by atoms with Gasteiger partial charge in [0.1, 0.15) is 11.6 Å². The third kappa shape index (κ3) is 2.96. The number of nitrogens with zero attached hydrogens (tertiary/aromatic N) is 1. The number of nitrogen functional groups attached to an aromatic ring is 1. The van der Waals surface area contributed by atoms with E-state index in [1.54, 1.807) is 7.11 Å². The van der Waals surface area contributed by atoms with Crippen molar-refractivity contribution in [3.8, 4) is 5.75 Å². The van der Waals surface area contributed by atoms with Crippen molar-refractivity contribution < 1.29 is 4.74 Å². The normalized spacial score (nSPS) is 22.9. The molecule has 0 aliphatic carbocycles. The van der Waals surface area contributed by atoms with Gasteiger partial charge in [0.05, 0.1) is 12.7 Å². The molecule has 4 heteroatoms. The van der Waals surface area contributed by atoms with Gasteiger partial charge in [-0.3, -0.25) is 10.3 Å². The van der Waals surface area contributed by atoms with Crippen molar-refractivity contribution in [1.82, 2.24) is 4.90 Å². The molecular formula is C16H25N3O. The fraction of sp³-hybridized carbons (Fsp3) is 0.562. The number of hydrogen-bond acceptors (Lipinski definition) is 3. The first-order chi connectivity index (χ1) is 9.56. The van der Waals surface area contributed by atoms with Crippen LogP contribution < -0.4 is 10.5 Å². The number of nitrogens with one attached hydrogen (secondary N) is 1. The molecule has 1 aliphatic rings. The van der Waals surface area contributed by atoms with E-state index in [1.807, 2.05) is 12.1 Å². The van der Waals surface area contributed by atoms with E-state index < -0.39 is 0 Å². The Bertz CT molecular complexity index is 487. The molecule has 3 N–H and O–H groups in total. The zero-order valence-corrected chi connectivity index (χ0v) is 12.6. The highest BCUT2D eigenvalue weighted by molar-refractivity contribution is 5.97. The number of likely N-dealkylation sites (tertiary alicyclic amines) is 1.